The highest BCUT2D eigenvalue weighted by Gasteiger charge is 2.36. The van der Waals surface area contributed by atoms with Gasteiger partial charge in [0.05, 0.1) is 5.92 Å². The third-order valence-corrected chi connectivity index (χ3v) is 4.80. The number of nitrogens with zero attached hydrogens (tertiary/aromatic N) is 1. The first-order valence-electron chi connectivity index (χ1n) is 8.94. The van der Waals surface area contributed by atoms with E-state index in [0.29, 0.717) is 12.3 Å². The SMILES string of the molecule is Cc1ccccc1N1C[C@H](C(=O)Oc2ccc(C(C)(C)C)cc2)CC1=O. The molecule has 26 heavy (non-hydrogen) atoms. The van der Waals surface area contributed by atoms with Crippen LogP contribution >= 0.6 is 0 Å². The van der Waals surface area contributed by atoms with Gasteiger partial charge in [0.25, 0.3) is 0 Å². The fourth-order valence-electron chi connectivity index (χ4n) is 3.19. The molecule has 4 nitrogen and oxygen atoms in total. The molecule has 1 fully saturated rings. The molecule has 0 spiro atoms. The van der Waals surface area contributed by atoms with E-state index >= 15 is 0 Å². The molecule has 1 heterocycles. The van der Waals surface area contributed by atoms with E-state index in [1.165, 1.54) is 5.56 Å². The molecule has 0 N–H and O–H groups in total. The molecule has 0 aromatic heterocycles. The monoisotopic (exact) mass is 351 g/mol. The summed E-state index contributed by atoms with van der Waals surface area (Å²) in [6.07, 6.45) is 0.188. The third kappa shape index (κ3) is 3.79. The Morgan fingerprint density at radius 3 is 2.35 bits per heavy atom. The Balaban J connectivity index is 1.68. The molecule has 0 aliphatic carbocycles. The molecule has 1 aliphatic rings. The summed E-state index contributed by atoms with van der Waals surface area (Å²) in [7, 11) is 0. The van der Waals surface area contributed by atoms with Crippen LogP contribution in [0.4, 0.5) is 5.69 Å². The average Bonchev–Trinajstić information content (AvgIpc) is 2.97. The Bertz CT molecular complexity index is 818. The summed E-state index contributed by atoms with van der Waals surface area (Å²) in [5.41, 5.74) is 3.11. The molecule has 4 heteroatoms. The van der Waals surface area contributed by atoms with Gasteiger partial charge < -0.3 is 9.64 Å². The number of hydrogen-bond acceptors (Lipinski definition) is 3. The Labute approximate surface area is 154 Å². The highest BCUT2D eigenvalue weighted by molar-refractivity contribution is 6.00. The molecule has 0 radical (unpaired) electrons. The number of esters is 1. The fourth-order valence-corrected chi connectivity index (χ4v) is 3.19. The number of ether oxygens (including phenoxy) is 1. The number of benzene rings is 2. The van der Waals surface area contributed by atoms with E-state index in [2.05, 4.69) is 20.8 Å². The summed E-state index contributed by atoms with van der Waals surface area (Å²) in [6.45, 7) is 8.74. The van der Waals surface area contributed by atoms with Crippen molar-refractivity contribution in [1.29, 1.82) is 0 Å². The van der Waals surface area contributed by atoms with Gasteiger partial charge in [-0.15, -0.1) is 0 Å². The van der Waals surface area contributed by atoms with Crippen molar-refractivity contribution < 1.29 is 14.3 Å². The van der Waals surface area contributed by atoms with Gasteiger partial charge >= 0.3 is 5.97 Å². The predicted octanol–water partition coefficient (Wildman–Crippen LogP) is 4.25. The summed E-state index contributed by atoms with van der Waals surface area (Å²) >= 11 is 0. The van der Waals surface area contributed by atoms with Gasteiger partial charge in [0, 0.05) is 18.7 Å². The first-order valence-corrected chi connectivity index (χ1v) is 8.94. The Morgan fingerprint density at radius 1 is 1.08 bits per heavy atom. The minimum absolute atomic E-state index is 0.0377. The molecule has 1 saturated heterocycles. The maximum absolute atomic E-state index is 12.5. The lowest BCUT2D eigenvalue weighted by Crippen LogP contribution is -2.27. The first-order chi connectivity index (χ1) is 12.3. The zero-order chi connectivity index (χ0) is 18.9. The van der Waals surface area contributed by atoms with E-state index < -0.39 is 5.92 Å². The van der Waals surface area contributed by atoms with Crippen LogP contribution in [0.1, 0.15) is 38.3 Å². The third-order valence-electron chi connectivity index (χ3n) is 4.80. The number of para-hydroxylation sites is 1. The van der Waals surface area contributed by atoms with Gasteiger partial charge in [-0.25, -0.2) is 0 Å². The molecule has 136 valence electrons. The van der Waals surface area contributed by atoms with Crippen molar-refractivity contribution in [2.24, 2.45) is 5.92 Å². The van der Waals surface area contributed by atoms with Gasteiger partial charge in [0.15, 0.2) is 0 Å². The maximum Gasteiger partial charge on any atom is 0.316 e. The predicted molar refractivity (Wildman–Crippen MR) is 102 cm³/mol. The molecule has 1 aliphatic heterocycles. The number of carbonyl (C=O) groups excluding carboxylic acids is 2. The van der Waals surface area contributed by atoms with Crippen LogP contribution in [0, 0.1) is 12.8 Å². The number of aryl methyl sites for hydroxylation is 1. The molecule has 1 atom stereocenters. The number of anilines is 1. The van der Waals surface area contributed by atoms with Crippen molar-refractivity contribution in [3.8, 4) is 5.75 Å². The van der Waals surface area contributed by atoms with E-state index in [-0.39, 0.29) is 23.7 Å². The maximum atomic E-state index is 12.5. The zero-order valence-electron chi connectivity index (χ0n) is 15.8. The fraction of sp³-hybridized carbons (Fsp3) is 0.364. The lowest BCUT2D eigenvalue weighted by Gasteiger charge is -2.19. The second-order valence-electron chi connectivity index (χ2n) is 7.89. The summed E-state index contributed by atoms with van der Waals surface area (Å²) in [4.78, 5) is 26.6. The molecule has 3 rings (SSSR count). The van der Waals surface area contributed by atoms with Gasteiger partial charge in [-0.1, -0.05) is 51.1 Å². The average molecular weight is 351 g/mol. The summed E-state index contributed by atoms with van der Waals surface area (Å²) in [5, 5.41) is 0. The van der Waals surface area contributed by atoms with Crippen molar-refractivity contribution in [2.75, 3.05) is 11.4 Å². The van der Waals surface area contributed by atoms with E-state index in [1.54, 1.807) is 4.90 Å². The van der Waals surface area contributed by atoms with Gasteiger partial charge in [-0.3, -0.25) is 9.59 Å². The Kier molecular flexibility index (Phi) is 4.86. The van der Waals surface area contributed by atoms with Crippen molar-refractivity contribution in [2.45, 2.75) is 39.5 Å². The van der Waals surface area contributed by atoms with Crippen molar-refractivity contribution in [1.82, 2.24) is 0 Å². The number of amides is 1. The minimum Gasteiger partial charge on any atom is -0.426 e. The second-order valence-corrected chi connectivity index (χ2v) is 7.89. The molecular weight excluding hydrogens is 326 g/mol. The van der Waals surface area contributed by atoms with E-state index in [4.69, 9.17) is 4.74 Å². The van der Waals surface area contributed by atoms with Gasteiger partial charge in [0.2, 0.25) is 5.91 Å². The Hall–Kier alpha value is -2.62. The van der Waals surface area contributed by atoms with Crippen LogP contribution in [-0.4, -0.2) is 18.4 Å². The molecular formula is C22H25NO3. The lowest BCUT2D eigenvalue weighted by molar-refractivity contribution is -0.139. The van der Waals surface area contributed by atoms with Crippen LogP contribution in [0.3, 0.4) is 0 Å². The summed E-state index contributed by atoms with van der Waals surface area (Å²) in [5.74, 6) is -0.309. The highest BCUT2D eigenvalue weighted by Crippen LogP contribution is 2.29. The van der Waals surface area contributed by atoms with Crippen LogP contribution < -0.4 is 9.64 Å². The van der Waals surface area contributed by atoms with Crippen molar-refractivity contribution in [3.05, 3.63) is 59.7 Å². The van der Waals surface area contributed by atoms with Gasteiger partial charge in [0.1, 0.15) is 5.75 Å². The summed E-state index contributed by atoms with van der Waals surface area (Å²) < 4.78 is 5.51. The first kappa shape index (κ1) is 18.2. The quantitative estimate of drug-likeness (QED) is 0.613. The van der Waals surface area contributed by atoms with Crippen LogP contribution in [0.2, 0.25) is 0 Å². The number of hydrogen-bond donors (Lipinski definition) is 0. The second kappa shape index (κ2) is 6.94. The van der Waals surface area contributed by atoms with E-state index in [0.717, 1.165) is 11.3 Å². The van der Waals surface area contributed by atoms with Crippen LogP contribution in [0.15, 0.2) is 48.5 Å². The van der Waals surface area contributed by atoms with E-state index in [9.17, 15) is 9.59 Å². The smallest absolute Gasteiger partial charge is 0.316 e. The highest BCUT2D eigenvalue weighted by atomic mass is 16.5. The van der Waals surface area contributed by atoms with Gasteiger partial charge in [-0.05, 0) is 41.7 Å². The number of carbonyl (C=O) groups is 2. The normalized spacial score (nSPS) is 17.5. The Morgan fingerprint density at radius 2 is 1.73 bits per heavy atom. The largest absolute Gasteiger partial charge is 0.426 e. The van der Waals surface area contributed by atoms with Crippen molar-refractivity contribution >= 4 is 17.6 Å². The zero-order valence-corrected chi connectivity index (χ0v) is 15.8. The topological polar surface area (TPSA) is 46.6 Å². The molecule has 2 aromatic carbocycles. The van der Waals surface area contributed by atoms with E-state index in [1.807, 2.05) is 55.5 Å². The van der Waals surface area contributed by atoms with Crippen molar-refractivity contribution in [3.63, 3.8) is 0 Å². The minimum atomic E-state index is -0.440. The van der Waals surface area contributed by atoms with Crippen LogP contribution in [-0.2, 0) is 15.0 Å². The van der Waals surface area contributed by atoms with Crippen LogP contribution in [0.25, 0.3) is 0 Å². The molecule has 1 amide bonds. The molecule has 0 saturated carbocycles. The molecule has 0 bridgehead atoms. The number of rotatable bonds is 3. The lowest BCUT2D eigenvalue weighted by atomic mass is 9.87. The molecule has 2 aromatic rings. The van der Waals surface area contributed by atoms with Gasteiger partial charge in [-0.2, -0.15) is 0 Å². The molecule has 0 unspecified atom stereocenters. The standard InChI is InChI=1S/C22H25NO3/c1-15-7-5-6-8-19(15)23-14-16(13-20(23)24)21(25)26-18-11-9-17(10-12-18)22(2,3)4/h5-12,16H,13-14H2,1-4H3/t16-/m1/s1. The summed E-state index contributed by atoms with van der Waals surface area (Å²) in [6, 6.07) is 15.3. The van der Waals surface area contributed by atoms with Crippen LogP contribution in [0.5, 0.6) is 5.75 Å².